The summed E-state index contributed by atoms with van der Waals surface area (Å²) in [6.07, 6.45) is 0.0915. The average molecular weight is 222 g/mol. The monoisotopic (exact) mass is 221 g/mol. The second-order valence-corrected chi connectivity index (χ2v) is 3.28. The molecular weight excluding hydrogens is 212 g/mol. The summed E-state index contributed by atoms with van der Waals surface area (Å²) in [6.45, 7) is -0.230. The molecule has 1 rings (SSSR count). The fourth-order valence-electron chi connectivity index (χ4n) is 1.17. The Balaban J connectivity index is 3.11. The van der Waals surface area contributed by atoms with Crippen LogP contribution in [0.25, 0.3) is 0 Å². The summed E-state index contributed by atoms with van der Waals surface area (Å²) in [7, 11) is 0. The zero-order chi connectivity index (χ0) is 10.7. The van der Waals surface area contributed by atoms with Crippen LogP contribution < -0.4 is 5.73 Å². The Bertz CT molecular complexity index is 333. The topological polar surface area (TPSA) is 46.2 Å². The molecule has 0 heterocycles. The van der Waals surface area contributed by atoms with Gasteiger partial charge in [-0.3, -0.25) is 0 Å². The number of hydrogen-bond donors (Lipinski definition) is 2. The van der Waals surface area contributed by atoms with Gasteiger partial charge >= 0.3 is 0 Å². The molecule has 0 saturated heterocycles. The smallest absolute Gasteiger partial charge is 0.149 e. The van der Waals surface area contributed by atoms with Crippen molar-refractivity contribution in [2.45, 2.75) is 12.5 Å². The molecule has 0 fully saturated rings. The molecule has 0 aromatic heterocycles. The quantitative estimate of drug-likeness (QED) is 0.767. The van der Waals surface area contributed by atoms with Gasteiger partial charge < -0.3 is 10.8 Å². The van der Waals surface area contributed by atoms with Crippen LogP contribution in [-0.4, -0.2) is 11.7 Å². The van der Waals surface area contributed by atoms with Gasteiger partial charge in [-0.15, -0.1) is 0 Å². The van der Waals surface area contributed by atoms with E-state index >= 15 is 0 Å². The maximum atomic E-state index is 13.3. The molecule has 1 aromatic rings. The zero-order valence-electron chi connectivity index (χ0n) is 7.30. The summed E-state index contributed by atoms with van der Waals surface area (Å²) in [5.41, 5.74) is 5.21. The summed E-state index contributed by atoms with van der Waals surface area (Å²) >= 11 is 5.47. The highest BCUT2D eigenvalue weighted by atomic mass is 35.5. The fourth-order valence-corrected chi connectivity index (χ4v) is 1.33. The van der Waals surface area contributed by atoms with Crippen LogP contribution in [0.3, 0.4) is 0 Å². The molecule has 78 valence electrons. The lowest BCUT2D eigenvalue weighted by Crippen LogP contribution is -2.15. The van der Waals surface area contributed by atoms with E-state index in [1.807, 2.05) is 0 Å². The Hall–Kier alpha value is -0.710. The highest BCUT2D eigenvalue weighted by molar-refractivity contribution is 6.30. The van der Waals surface area contributed by atoms with Gasteiger partial charge in [0.15, 0.2) is 0 Å². The number of rotatable bonds is 3. The van der Waals surface area contributed by atoms with Crippen molar-refractivity contribution in [1.29, 1.82) is 0 Å². The molecule has 2 nitrogen and oxygen atoms in total. The Morgan fingerprint density at radius 3 is 2.64 bits per heavy atom. The summed E-state index contributed by atoms with van der Waals surface area (Å²) in [5, 5.41) is 8.42. The van der Waals surface area contributed by atoms with E-state index in [1.54, 1.807) is 0 Å². The van der Waals surface area contributed by atoms with Crippen molar-refractivity contribution in [3.05, 3.63) is 34.4 Å². The van der Waals surface area contributed by atoms with E-state index in [0.29, 0.717) is 0 Å². The summed E-state index contributed by atoms with van der Waals surface area (Å²) < 4.78 is 26.4. The first-order valence-corrected chi connectivity index (χ1v) is 4.45. The van der Waals surface area contributed by atoms with Crippen LogP contribution in [0, 0.1) is 11.6 Å². The normalized spacial score (nSPS) is 12.9. The SMILES string of the molecule is N[C@H](CCO)c1c(F)ccc(Cl)c1F. The van der Waals surface area contributed by atoms with Gasteiger partial charge in [0.05, 0.1) is 5.02 Å². The van der Waals surface area contributed by atoms with E-state index in [-0.39, 0.29) is 23.6 Å². The third-order valence-electron chi connectivity index (χ3n) is 1.89. The number of halogens is 3. The summed E-state index contributed by atoms with van der Waals surface area (Å²) in [4.78, 5) is 0. The highest BCUT2D eigenvalue weighted by Crippen LogP contribution is 2.26. The van der Waals surface area contributed by atoms with Gasteiger partial charge in [0, 0.05) is 18.2 Å². The molecule has 0 bridgehead atoms. The second-order valence-electron chi connectivity index (χ2n) is 2.88. The Morgan fingerprint density at radius 1 is 1.43 bits per heavy atom. The van der Waals surface area contributed by atoms with Crippen molar-refractivity contribution < 1.29 is 13.9 Å². The first-order chi connectivity index (χ1) is 6.57. The number of aliphatic hydroxyl groups is 1. The molecule has 3 N–H and O–H groups in total. The highest BCUT2D eigenvalue weighted by Gasteiger charge is 2.18. The molecule has 0 aliphatic carbocycles. The Kier molecular flexibility index (Phi) is 3.80. The van der Waals surface area contributed by atoms with Gasteiger partial charge in [0.1, 0.15) is 11.6 Å². The van der Waals surface area contributed by atoms with Crippen molar-refractivity contribution >= 4 is 11.6 Å². The molecule has 1 aromatic carbocycles. The molecule has 0 aliphatic rings. The summed E-state index contributed by atoms with van der Waals surface area (Å²) in [6, 6.07) is 1.30. The Morgan fingerprint density at radius 2 is 2.07 bits per heavy atom. The molecule has 0 amide bonds. The molecular formula is C9H10ClF2NO. The molecule has 5 heteroatoms. The van der Waals surface area contributed by atoms with Gasteiger partial charge in [-0.2, -0.15) is 0 Å². The van der Waals surface area contributed by atoms with E-state index in [0.717, 1.165) is 12.1 Å². The maximum absolute atomic E-state index is 13.3. The molecule has 0 unspecified atom stereocenters. The van der Waals surface area contributed by atoms with Crippen molar-refractivity contribution in [3.63, 3.8) is 0 Å². The number of hydrogen-bond acceptors (Lipinski definition) is 2. The number of aliphatic hydroxyl groups excluding tert-OH is 1. The van der Waals surface area contributed by atoms with Crippen molar-refractivity contribution in [2.75, 3.05) is 6.61 Å². The van der Waals surface area contributed by atoms with Crippen LogP contribution in [0.1, 0.15) is 18.0 Å². The molecule has 0 saturated carbocycles. The lowest BCUT2D eigenvalue weighted by molar-refractivity contribution is 0.274. The predicted molar refractivity (Wildman–Crippen MR) is 50.0 cm³/mol. The van der Waals surface area contributed by atoms with Crippen LogP contribution in [0.15, 0.2) is 12.1 Å². The lowest BCUT2D eigenvalue weighted by atomic mass is 10.0. The minimum atomic E-state index is -0.876. The van der Waals surface area contributed by atoms with E-state index < -0.39 is 17.7 Å². The first kappa shape index (κ1) is 11.4. The van der Waals surface area contributed by atoms with E-state index in [9.17, 15) is 8.78 Å². The fraction of sp³-hybridized carbons (Fsp3) is 0.333. The van der Waals surface area contributed by atoms with Gasteiger partial charge in [-0.25, -0.2) is 8.78 Å². The maximum Gasteiger partial charge on any atom is 0.149 e. The predicted octanol–water partition coefficient (Wildman–Crippen LogP) is 2.00. The molecule has 0 aliphatic heterocycles. The van der Waals surface area contributed by atoms with Crippen molar-refractivity contribution in [3.8, 4) is 0 Å². The third kappa shape index (κ3) is 2.20. The van der Waals surface area contributed by atoms with E-state index in [1.165, 1.54) is 0 Å². The van der Waals surface area contributed by atoms with Gasteiger partial charge in [-0.05, 0) is 18.6 Å². The van der Waals surface area contributed by atoms with Gasteiger partial charge in [0.25, 0.3) is 0 Å². The van der Waals surface area contributed by atoms with Crippen LogP contribution in [-0.2, 0) is 0 Å². The van der Waals surface area contributed by atoms with Crippen LogP contribution in [0.4, 0.5) is 8.78 Å². The molecule has 0 spiro atoms. The third-order valence-corrected chi connectivity index (χ3v) is 2.18. The lowest BCUT2D eigenvalue weighted by Gasteiger charge is -2.12. The van der Waals surface area contributed by atoms with Crippen molar-refractivity contribution in [2.24, 2.45) is 5.73 Å². The van der Waals surface area contributed by atoms with Gasteiger partial charge in [-0.1, -0.05) is 11.6 Å². The molecule has 0 radical (unpaired) electrons. The van der Waals surface area contributed by atoms with Crippen LogP contribution in [0.5, 0.6) is 0 Å². The largest absolute Gasteiger partial charge is 0.396 e. The van der Waals surface area contributed by atoms with Crippen LogP contribution >= 0.6 is 11.6 Å². The van der Waals surface area contributed by atoms with E-state index in [4.69, 9.17) is 22.4 Å². The van der Waals surface area contributed by atoms with Crippen molar-refractivity contribution in [1.82, 2.24) is 0 Å². The first-order valence-electron chi connectivity index (χ1n) is 4.07. The minimum absolute atomic E-state index is 0.0915. The minimum Gasteiger partial charge on any atom is -0.396 e. The standard InChI is InChI=1S/C9H10ClF2NO/c10-5-1-2-6(11)8(9(5)12)7(13)3-4-14/h1-2,7,14H,3-4,13H2/t7-/m1/s1. The summed E-state index contributed by atoms with van der Waals surface area (Å²) in [5.74, 6) is -1.60. The average Bonchev–Trinajstić information content (AvgIpc) is 2.13. The van der Waals surface area contributed by atoms with Crippen LogP contribution in [0.2, 0.25) is 5.02 Å². The number of benzene rings is 1. The second kappa shape index (κ2) is 4.68. The van der Waals surface area contributed by atoms with E-state index in [2.05, 4.69) is 0 Å². The number of nitrogens with two attached hydrogens (primary N) is 1. The van der Waals surface area contributed by atoms with Gasteiger partial charge in [0.2, 0.25) is 0 Å². The Labute approximate surface area is 85.3 Å². The molecule has 14 heavy (non-hydrogen) atoms. The zero-order valence-corrected chi connectivity index (χ0v) is 8.06. The molecule has 1 atom stereocenters.